The van der Waals surface area contributed by atoms with E-state index in [1.807, 2.05) is 0 Å². The molecular formula is C11H17NO5. The SMILES string of the molecule is CO[C@@H]1O[C@H](CO)[C@@]23CCCCN2C(=O)O[C@@H]13. The van der Waals surface area contributed by atoms with Gasteiger partial charge in [-0.15, -0.1) is 0 Å². The van der Waals surface area contributed by atoms with E-state index >= 15 is 0 Å². The van der Waals surface area contributed by atoms with Crippen LogP contribution < -0.4 is 0 Å². The van der Waals surface area contributed by atoms with Gasteiger partial charge in [0.25, 0.3) is 0 Å². The lowest BCUT2D eigenvalue weighted by Gasteiger charge is -2.41. The molecule has 3 saturated heterocycles. The maximum Gasteiger partial charge on any atom is 0.411 e. The molecule has 6 nitrogen and oxygen atoms in total. The Morgan fingerprint density at radius 1 is 1.59 bits per heavy atom. The molecule has 0 aliphatic carbocycles. The summed E-state index contributed by atoms with van der Waals surface area (Å²) in [6.07, 6.45) is 1.08. The van der Waals surface area contributed by atoms with E-state index < -0.39 is 24.0 Å². The van der Waals surface area contributed by atoms with Crippen LogP contribution in [0.15, 0.2) is 0 Å². The summed E-state index contributed by atoms with van der Waals surface area (Å²) in [4.78, 5) is 13.6. The zero-order valence-corrected chi connectivity index (χ0v) is 9.80. The summed E-state index contributed by atoms with van der Waals surface area (Å²) in [7, 11) is 1.53. The monoisotopic (exact) mass is 243 g/mol. The van der Waals surface area contributed by atoms with Crippen LogP contribution in [-0.2, 0) is 14.2 Å². The summed E-state index contributed by atoms with van der Waals surface area (Å²) in [6, 6.07) is 0. The Balaban J connectivity index is 2.00. The van der Waals surface area contributed by atoms with Crippen molar-refractivity contribution in [1.29, 1.82) is 0 Å². The van der Waals surface area contributed by atoms with Gasteiger partial charge in [0.2, 0.25) is 0 Å². The van der Waals surface area contributed by atoms with Gasteiger partial charge in [0.05, 0.1) is 6.61 Å². The minimum Gasteiger partial charge on any atom is -0.438 e. The van der Waals surface area contributed by atoms with Crippen molar-refractivity contribution in [3.63, 3.8) is 0 Å². The fourth-order valence-electron chi connectivity index (χ4n) is 3.39. The second kappa shape index (κ2) is 3.83. The molecule has 3 rings (SSSR count). The smallest absolute Gasteiger partial charge is 0.411 e. The quantitative estimate of drug-likeness (QED) is 0.744. The van der Waals surface area contributed by atoms with Crippen LogP contribution in [0.4, 0.5) is 4.79 Å². The van der Waals surface area contributed by atoms with E-state index in [1.165, 1.54) is 7.11 Å². The molecule has 0 radical (unpaired) electrons. The number of amides is 1. The number of carbonyl (C=O) groups excluding carboxylic acids is 1. The molecular weight excluding hydrogens is 226 g/mol. The average molecular weight is 243 g/mol. The van der Waals surface area contributed by atoms with E-state index in [2.05, 4.69) is 0 Å². The summed E-state index contributed by atoms with van der Waals surface area (Å²) in [5.41, 5.74) is -0.523. The van der Waals surface area contributed by atoms with Crippen molar-refractivity contribution in [3.8, 4) is 0 Å². The van der Waals surface area contributed by atoms with E-state index in [9.17, 15) is 9.90 Å². The first-order chi connectivity index (χ1) is 8.24. The first-order valence-electron chi connectivity index (χ1n) is 6.01. The van der Waals surface area contributed by atoms with Crippen LogP contribution in [-0.4, -0.2) is 60.4 Å². The first-order valence-corrected chi connectivity index (χ1v) is 6.01. The van der Waals surface area contributed by atoms with Gasteiger partial charge in [-0.05, 0) is 19.3 Å². The van der Waals surface area contributed by atoms with Gasteiger partial charge in [0, 0.05) is 13.7 Å². The number of nitrogens with zero attached hydrogens (tertiary/aromatic N) is 1. The minimum absolute atomic E-state index is 0.122. The molecule has 6 heteroatoms. The summed E-state index contributed by atoms with van der Waals surface area (Å²) < 4.78 is 16.2. The largest absolute Gasteiger partial charge is 0.438 e. The maximum absolute atomic E-state index is 11.9. The molecule has 17 heavy (non-hydrogen) atoms. The highest BCUT2D eigenvalue weighted by molar-refractivity contribution is 5.72. The highest BCUT2D eigenvalue weighted by Crippen LogP contribution is 2.48. The minimum atomic E-state index is -0.570. The summed E-state index contributed by atoms with van der Waals surface area (Å²) >= 11 is 0. The zero-order valence-electron chi connectivity index (χ0n) is 9.80. The Hall–Kier alpha value is -0.850. The van der Waals surface area contributed by atoms with E-state index in [-0.39, 0.29) is 12.7 Å². The summed E-state index contributed by atoms with van der Waals surface area (Å²) in [6.45, 7) is 0.551. The standard InChI is InChI=1S/C11H17NO5/c1-15-9-8-11(7(6-13)16-9)4-2-3-5-12(11)10(14)17-8/h7-9,13H,2-6H2,1H3/t7-,8+,9-,11-/m1/s1. The van der Waals surface area contributed by atoms with Gasteiger partial charge in [0.15, 0.2) is 12.4 Å². The Labute approximate surface area is 99.4 Å². The van der Waals surface area contributed by atoms with Crippen molar-refractivity contribution in [2.45, 2.75) is 43.3 Å². The van der Waals surface area contributed by atoms with Gasteiger partial charge in [-0.25, -0.2) is 4.79 Å². The lowest BCUT2D eigenvalue weighted by Crippen LogP contribution is -2.59. The van der Waals surface area contributed by atoms with Gasteiger partial charge in [0.1, 0.15) is 11.6 Å². The van der Waals surface area contributed by atoms with Crippen molar-refractivity contribution in [2.24, 2.45) is 0 Å². The summed E-state index contributed by atoms with van der Waals surface area (Å²) in [5, 5.41) is 9.47. The highest BCUT2D eigenvalue weighted by atomic mass is 16.7. The lowest BCUT2D eigenvalue weighted by molar-refractivity contribution is -0.156. The highest BCUT2D eigenvalue weighted by Gasteiger charge is 2.67. The molecule has 1 N–H and O–H groups in total. The molecule has 1 spiro atoms. The van der Waals surface area contributed by atoms with Crippen molar-refractivity contribution >= 4 is 6.09 Å². The average Bonchev–Trinajstić information content (AvgIpc) is 2.80. The Morgan fingerprint density at radius 2 is 2.41 bits per heavy atom. The predicted octanol–water partition coefficient (Wildman–Crippen LogP) is 0.0935. The van der Waals surface area contributed by atoms with Crippen molar-refractivity contribution in [1.82, 2.24) is 4.90 Å². The molecule has 96 valence electrons. The van der Waals surface area contributed by atoms with Crippen LogP contribution >= 0.6 is 0 Å². The molecule has 0 aromatic rings. The molecule has 0 aromatic heterocycles. The Bertz CT molecular complexity index is 336. The molecule has 4 atom stereocenters. The molecule has 3 aliphatic heterocycles. The van der Waals surface area contributed by atoms with E-state index in [4.69, 9.17) is 14.2 Å². The number of hydrogen-bond donors (Lipinski definition) is 1. The molecule has 3 heterocycles. The molecule has 0 bridgehead atoms. The number of aliphatic hydroxyl groups excluding tert-OH is 1. The molecule has 0 aromatic carbocycles. The van der Waals surface area contributed by atoms with Gasteiger partial charge in [-0.1, -0.05) is 0 Å². The normalized spacial score (nSPS) is 44.5. The molecule has 3 fully saturated rings. The second-order valence-electron chi connectivity index (χ2n) is 4.82. The Morgan fingerprint density at radius 3 is 3.12 bits per heavy atom. The summed E-state index contributed by atoms with van der Waals surface area (Å²) in [5.74, 6) is 0. The van der Waals surface area contributed by atoms with Crippen LogP contribution in [0.3, 0.4) is 0 Å². The lowest BCUT2D eigenvalue weighted by atomic mass is 9.80. The number of carbonyl (C=O) groups is 1. The number of ether oxygens (including phenoxy) is 3. The molecule has 3 aliphatic rings. The van der Waals surface area contributed by atoms with Gasteiger partial charge in [-0.3, -0.25) is 4.90 Å². The number of rotatable bonds is 2. The number of piperidine rings is 1. The maximum atomic E-state index is 11.9. The van der Waals surface area contributed by atoms with Gasteiger partial charge >= 0.3 is 6.09 Å². The third kappa shape index (κ3) is 1.29. The number of methoxy groups -OCH3 is 1. The molecule has 0 saturated carbocycles. The van der Waals surface area contributed by atoms with Crippen LogP contribution in [0.5, 0.6) is 0 Å². The van der Waals surface area contributed by atoms with Crippen LogP contribution in [0, 0.1) is 0 Å². The first kappa shape index (κ1) is 11.3. The van der Waals surface area contributed by atoms with E-state index in [0.29, 0.717) is 6.54 Å². The fraction of sp³-hybridized carbons (Fsp3) is 0.909. The van der Waals surface area contributed by atoms with Crippen LogP contribution in [0.25, 0.3) is 0 Å². The van der Waals surface area contributed by atoms with Crippen molar-refractivity contribution in [3.05, 3.63) is 0 Å². The number of hydrogen-bond acceptors (Lipinski definition) is 5. The predicted molar refractivity (Wildman–Crippen MR) is 56.3 cm³/mol. The third-order valence-corrected chi connectivity index (χ3v) is 4.15. The van der Waals surface area contributed by atoms with Gasteiger partial charge < -0.3 is 19.3 Å². The molecule has 0 unspecified atom stereocenters. The third-order valence-electron chi connectivity index (χ3n) is 4.15. The second-order valence-corrected chi connectivity index (χ2v) is 4.82. The van der Waals surface area contributed by atoms with Crippen molar-refractivity contribution < 1.29 is 24.1 Å². The van der Waals surface area contributed by atoms with Crippen LogP contribution in [0.1, 0.15) is 19.3 Å². The van der Waals surface area contributed by atoms with Crippen LogP contribution in [0.2, 0.25) is 0 Å². The number of aliphatic hydroxyl groups is 1. The topological polar surface area (TPSA) is 68.2 Å². The zero-order chi connectivity index (χ0) is 12.0. The van der Waals surface area contributed by atoms with Gasteiger partial charge in [-0.2, -0.15) is 0 Å². The van der Waals surface area contributed by atoms with E-state index in [1.54, 1.807) is 4.90 Å². The fourth-order valence-corrected chi connectivity index (χ4v) is 3.39. The van der Waals surface area contributed by atoms with Crippen molar-refractivity contribution in [2.75, 3.05) is 20.3 Å². The Kier molecular flexibility index (Phi) is 2.53. The van der Waals surface area contributed by atoms with E-state index in [0.717, 1.165) is 19.3 Å². The molecule has 1 amide bonds.